The number of hydrogen-bond acceptors (Lipinski definition) is 4. The molecule has 166 valence electrons. The van der Waals surface area contributed by atoms with Gasteiger partial charge in [-0.15, -0.1) is 35.3 Å². The number of nitrogens with one attached hydrogen (secondary N) is 2. The Hall–Kier alpha value is -1.19. The molecule has 0 radical (unpaired) electrons. The van der Waals surface area contributed by atoms with Gasteiger partial charge in [-0.3, -0.25) is 9.89 Å². The van der Waals surface area contributed by atoms with Crippen molar-refractivity contribution in [2.75, 3.05) is 26.7 Å². The Morgan fingerprint density at radius 3 is 2.43 bits per heavy atom. The van der Waals surface area contributed by atoms with Gasteiger partial charge in [0.25, 0.3) is 0 Å². The first-order valence-electron chi connectivity index (χ1n) is 10.8. The molecule has 30 heavy (non-hydrogen) atoms. The molecule has 0 saturated carbocycles. The zero-order valence-electron chi connectivity index (χ0n) is 18.5. The van der Waals surface area contributed by atoms with Crippen molar-refractivity contribution in [3.63, 3.8) is 0 Å². The lowest BCUT2D eigenvalue weighted by Crippen LogP contribution is -2.37. The van der Waals surface area contributed by atoms with Crippen LogP contribution in [0.2, 0.25) is 0 Å². The Balaban J connectivity index is 0.00000320. The van der Waals surface area contributed by atoms with E-state index in [2.05, 4.69) is 64.0 Å². The Morgan fingerprint density at radius 2 is 1.80 bits per heavy atom. The van der Waals surface area contributed by atoms with E-state index in [1.54, 1.807) is 11.3 Å². The molecular formula is C23H36IN5S. The summed E-state index contributed by atoms with van der Waals surface area (Å²) in [5, 5.41) is 10.2. The highest BCUT2D eigenvalue weighted by atomic mass is 127. The first-order chi connectivity index (χ1) is 14.1. The van der Waals surface area contributed by atoms with E-state index >= 15 is 0 Å². The number of likely N-dealkylation sites (tertiary alicyclic amines) is 1. The van der Waals surface area contributed by atoms with Gasteiger partial charge in [0.15, 0.2) is 5.96 Å². The van der Waals surface area contributed by atoms with Crippen LogP contribution in [0.15, 0.2) is 34.6 Å². The molecule has 0 bridgehead atoms. The van der Waals surface area contributed by atoms with Crippen LogP contribution in [0.5, 0.6) is 0 Å². The van der Waals surface area contributed by atoms with Gasteiger partial charge in [-0.25, -0.2) is 4.98 Å². The fourth-order valence-electron chi connectivity index (χ4n) is 3.56. The maximum Gasteiger partial charge on any atom is 0.191 e. The second-order valence-electron chi connectivity index (χ2n) is 8.09. The second kappa shape index (κ2) is 13.3. The van der Waals surface area contributed by atoms with Gasteiger partial charge in [0, 0.05) is 44.4 Å². The van der Waals surface area contributed by atoms with Crippen molar-refractivity contribution in [3.8, 4) is 0 Å². The molecule has 0 unspecified atom stereocenters. The van der Waals surface area contributed by atoms with E-state index in [-0.39, 0.29) is 24.0 Å². The van der Waals surface area contributed by atoms with Crippen LogP contribution in [0.4, 0.5) is 0 Å². The molecule has 0 spiro atoms. The smallest absolute Gasteiger partial charge is 0.191 e. The second-order valence-corrected chi connectivity index (χ2v) is 8.98. The lowest BCUT2D eigenvalue weighted by Gasteiger charge is -2.26. The summed E-state index contributed by atoms with van der Waals surface area (Å²) < 4.78 is 0. The maximum absolute atomic E-state index is 4.69. The summed E-state index contributed by atoms with van der Waals surface area (Å²) >= 11 is 1.75. The number of nitrogens with zero attached hydrogens (tertiary/aromatic N) is 3. The zero-order chi connectivity index (χ0) is 20.5. The molecule has 1 aromatic heterocycles. The largest absolute Gasteiger partial charge is 0.356 e. The van der Waals surface area contributed by atoms with Gasteiger partial charge in [-0.05, 0) is 37.1 Å². The zero-order valence-corrected chi connectivity index (χ0v) is 21.6. The maximum atomic E-state index is 4.69. The third-order valence-electron chi connectivity index (χ3n) is 5.30. The fraction of sp³-hybridized carbons (Fsp3) is 0.565. The molecule has 5 nitrogen and oxygen atoms in total. The van der Waals surface area contributed by atoms with E-state index in [0.717, 1.165) is 37.7 Å². The number of hydrogen-bond donors (Lipinski definition) is 2. The van der Waals surface area contributed by atoms with Gasteiger partial charge in [-0.1, -0.05) is 44.5 Å². The van der Waals surface area contributed by atoms with Crippen LogP contribution >= 0.6 is 35.3 Å². The Morgan fingerprint density at radius 1 is 1.10 bits per heavy atom. The van der Waals surface area contributed by atoms with Crippen LogP contribution in [-0.2, 0) is 19.5 Å². The first kappa shape index (κ1) is 25.1. The van der Waals surface area contributed by atoms with Crippen LogP contribution in [0, 0.1) is 0 Å². The fourth-order valence-corrected chi connectivity index (χ4v) is 4.43. The molecule has 1 fully saturated rings. The van der Waals surface area contributed by atoms with Crippen molar-refractivity contribution in [1.29, 1.82) is 0 Å². The number of guanidine groups is 1. The molecular weight excluding hydrogens is 505 g/mol. The number of benzene rings is 1. The summed E-state index contributed by atoms with van der Waals surface area (Å²) in [6.07, 6.45) is 4.99. The first-order valence-corrected chi connectivity index (χ1v) is 11.7. The Bertz CT molecular complexity index is 766. The monoisotopic (exact) mass is 541 g/mol. The summed E-state index contributed by atoms with van der Waals surface area (Å²) in [5.41, 5.74) is 3.84. The number of piperidine rings is 1. The number of rotatable bonds is 8. The highest BCUT2D eigenvalue weighted by molar-refractivity contribution is 14.0. The van der Waals surface area contributed by atoms with Crippen molar-refractivity contribution >= 4 is 41.3 Å². The van der Waals surface area contributed by atoms with E-state index in [1.165, 1.54) is 48.5 Å². The molecule has 1 aliphatic rings. The SMILES string of the molecule is CN=C(NCCc1csc(C(C)C)n1)NCc1ccc(CN2CCCCC2)cc1.I. The molecule has 0 amide bonds. The van der Waals surface area contributed by atoms with Crippen molar-refractivity contribution in [3.05, 3.63) is 51.5 Å². The predicted molar refractivity (Wildman–Crippen MR) is 139 cm³/mol. The third-order valence-corrected chi connectivity index (χ3v) is 6.49. The van der Waals surface area contributed by atoms with E-state index < -0.39 is 0 Å². The van der Waals surface area contributed by atoms with Crippen LogP contribution in [-0.4, -0.2) is 42.5 Å². The lowest BCUT2D eigenvalue weighted by molar-refractivity contribution is 0.221. The summed E-state index contributed by atoms with van der Waals surface area (Å²) in [7, 11) is 1.82. The van der Waals surface area contributed by atoms with Crippen molar-refractivity contribution in [1.82, 2.24) is 20.5 Å². The van der Waals surface area contributed by atoms with Crippen LogP contribution in [0.1, 0.15) is 60.9 Å². The van der Waals surface area contributed by atoms with Gasteiger partial charge in [-0.2, -0.15) is 0 Å². The van der Waals surface area contributed by atoms with Crippen molar-refractivity contribution in [2.24, 2.45) is 4.99 Å². The van der Waals surface area contributed by atoms with Gasteiger partial charge in [0.2, 0.25) is 0 Å². The molecule has 7 heteroatoms. The predicted octanol–water partition coefficient (Wildman–Crippen LogP) is 4.78. The summed E-state index contributed by atoms with van der Waals surface area (Å²) in [6, 6.07) is 8.97. The molecule has 0 atom stereocenters. The van der Waals surface area contributed by atoms with E-state index in [4.69, 9.17) is 4.98 Å². The topological polar surface area (TPSA) is 52.6 Å². The summed E-state index contributed by atoms with van der Waals surface area (Å²) in [6.45, 7) is 9.54. The molecule has 2 aromatic rings. The van der Waals surface area contributed by atoms with Crippen molar-refractivity contribution < 1.29 is 0 Å². The van der Waals surface area contributed by atoms with E-state index in [1.807, 2.05) is 7.05 Å². The van der Waals surface area contributed by atoms with E-state index in [0.29, 0.717) is 5.92 Å². The summed E-state index contributed by atoms with van der Waals surface area (Å²) in [5.74, 6) is 1.34. The number of aliphatic imine (C=N–C) groups is 1. The minimum atomic E-state index is 0. The van der Waals surface area contributed by atoms with Crippen LogP contribution in [0.3, 0.4) is 0 Å². The van der Waals surface area contributed by atoms with Gasteiger partial charge in [0.1, 0.15) is 0 Å². The van der Waals surface area contributed by atoms with Gasteiger partial charge < -0.3 is 10.6 Å². The highest BCUT2D eigenvalue weighted by Crippen LogP contribution is 2.19. The molecule has 2 N–H and O–H groups in total. The molecule has 2 heterocycles. The number of halogens is 1. The third kappa shape index (κ3) is 8.15. The average Bonchev–Trinajstić information content (AvgIpc) is 3.22. The lowest BCUT2D eigenvalue weighted by atomic mass is 10.1. The molecule has 1 aromatic carbocycles. The van der Waals surface area contributed by atoms with Crippen molar-refractivity contribution in [2.45, 2.75) is 58.5 Å². The van der Waals surface area contributed by atoms with Gasteiger partial charge in [0.05, 0.1) is 10.7 Å². The van der Waals surface area contributed by atoms with Crippen LogP contribution < -0.4 is 10.6 Å². The minimum Gasteiger partial charge on any atom is -0.356 e. The van der Waals surface area contributed by atoms with Gasteiger partial charge >= 0.3 is 0 Å². The van der Waals surface area contributed by atoms with E-state index in [9.17, 15) is 0 Å². The van der Waals surface area contributed by atoms with Crippen LogP contribution in [0.25, 0.3) is 0 Å². The normalized spacial score (nSPS) is 15.1. The highest BCUT2D eigenvalue weighted by Gasteiger charge is 2.10. The summed E-state index contributed by atoms with van der Waals surface area (Å²) in [4.78, 5) is 11.6. The number of aromatic nitrogens is 1. The number of thiazole rings is 1. The molecule has 0 aliphatic carbocycles. The Labute approximate surface area is 202 Å². The molecule has 3 rings (SSSR count). The quantitative estimate of drug-likeness (QED) is 0.287. The average molecular weight is 542 g/mol. The molecule has 1 saturated heterocycles. The Kier molecular flexibility index (Phi) is 11.1. The molecule has 1 aliphatic heterocycles. The standard InChI is InChI=1S/C23H35N5S.HI/c1-18(2)22-27-21(17-29-22)11-12-25-23(24-3)26-15-19-7-9-20(10-8-19)16-28-13-5-4-6-14-28;/h7-10,17-18H,4-6,11-16H2,1-3H3,(H2,24,25,26);1H. The minimum absolute atomic E-state index is 0.